The number of anilines is 1. The average Bonchev–Trinajstić information content (AvgIpc) is 2.82. The summed E-state index contributed by atoms with van der Waals surface area (Å²) >= 11 is 0. The molecule has 0 radical (unpaired) electrons. The lowest BCUT2D eigenvalue weighted by atomic mass is 10.4. The monoisotopic (exact) mass is 267 g/mol. The standard InChI is InChI=1S/C10H13N5O2S/c11-9-3-1-4-12-10(9)18(16,17)14-6-8-15-7-2-5-13-15/h1-5,7,14H,6,8,11H2. The van der Waals surface area contributed by atoms with Crippen LogP contribution in [-0.4, -0.2) is 29.7 Å². The minimum Gasteiger partial charge on any atom is -0.396 e. The molecule has 0 aliphatic rings. The zero-order chi connectivity index (χ0) is 13.0. The summed E-state index contributed by atoms with van der Waals surface area (Å²) in [6, 6.07) is 4.85. The summed E-state index contributed by atoms with van der Waals surface area (Å²) in [5, 5.41) is 3.82. The lowest BCUT2D eigenvalue weighted by Crippen LogP contribution is -2.28. The number of rotatable bonds is 5. The number of nitrogens with one attached hydrogen (secondary N) is 1. The molecule has 0 unspecified atom stereocenters. The highest BCUT2D eigenvalue weighted by Gasteiger charge is 2.17. The Morgan fingerprint density at radius 2 is 2.17 bits per heavy atom. The van der Waals surface area contributed by atoms with Crippen LogP contribution < -0.4 is 10.5 Å². The smallest absolute Gasteiger partial charge is 0.260 e. The fourth-order valence-corrected chi connectivity index (χ4v) is 2.50. The Bertz CT molecular complexity index is 609. The van der Waals surface area contributed by atoms with Crippen molar-refractivity contribution in [3.63, 3.8) is 0 Å². The van der Waals surface area contributed by atoms with Crippen LogP contribution in [0.25, 0.3) is 0 Å². The van der Waals surface area contributed by atoms with Crippen LogP contribution in [0.1, 0.15) is 0 Å². The maximum absolute atomic E-state index is 11.9. The van der Waals surface area contributed by atoms with E-state index in [0.717, 1.165) is 0 Å². The molecule has 2 rings (SSSR count). The van der Waals surface area contributed by atoms with Gasteiger partial charge in [0, 0.05) is 25.1 Å². The fraction of sp³-hybridized carbons (Fsp3) is 0.200. The molecule has 0 aliphatic carbocycles. The maximum atomic E-state index is 11.9. The summed E-state index contributed by atoms with van der Waals surface area (Å²) in [6.45, 7) is 0.666. The van der Waals surface area contributed by atoms with Crippen molar-refractivity contribution < 1.29 is 8.42 Å². The van der Waals surface area contributed by atoms with Gasteiger partial charge in [-0.1, -0.05) is 0 Å². The van der Waals surface area contributed by atoms with Crippen molar-refractivity contribution in [2.45, 2.75) is 11.6 Å². The highest BCUT2D eigenvalue weighted by Crippen LogP contribution is 2.13. The first-order valence-electron chi connectivity index (χ1n) is 5.27. The van der Waals surface area contributed by atoms with E-state index >= 15 is 0 Å². The van der Waals surface area contributed by atoms with Gasteiger partial charge in [-0.3, -0.25) is 4.68 Å². The number of pyridine rings is 1. The Hall–Kier alpha value is -1.93. The number of nitrogen functional groups attached to an aromatic ring is 1. The quantitative estimate of drug-likeness (QED) is 0.783. The normalized spacial score (nSPS) is 11.6. The molecule has 0 saturated heterocycles. The van der Waals surface area contributed by atoms with E-state index in [2.05, 4.69) is 14.8 Å². The van der Waals surface area contributed by atoms with Crippen molar-refractivity contribution in [1.29, 1.82) is 0 Å². The fourth-order valence-electron chi connectivity index (χ4n) is 1.42. The van der Waals surface area contributed by atoms with Gasteiger partial charge >= 0.3 is 0 Å². The van der Waals surface area contributed by atoms with E-state index in [-0.39, 0.29) is 17.3 Å². The number of nitrogens with two attached hydrogens (primary N) is 1. The van der Waals surface area contributed by atoms with E-state index in [4.69, 9.17) is 5.73 Å². The Morgan fingerprint density at radius 3 is 2.83 bits per heavy atom. The Labute approximate surface area is 105 Å². The van der Waals surface area contributed by atoms with E-state index in [1.54, 1.807) is 29.2 Å². The first-order chi connectivity index (χ1) is 8.59. The summed E-state index contributed by atoms with van der Waals surface area (Å²) < 4.78 is 27.8. The number of sulfonamides is 1. The molecule has 2 heterocycles. The minimum absolute atomic E-state index is 0.129. The third-order valence-corrected chi connectivity index (χ3v) is 3.68. The van der Waals surface area contributed by atoms with Gasteiger partial charge in [0.2, 0.25) is 0 Å². The summed E-state index contributed by atoms with van der Waals surface area (Å²) in [5.41, 5.74) is 5.70. The van der Waals surface area contributed by atoms with Crippen LogP contribution in [0.2, 0.25) is 0 Å². The molecule has 0 atom stereocenters. The van der Waals surface area contributed by atoms with Crippen LogP contribution in [0.15, 0.2) is 41.8 Å². The Morgan fingerprint density at radius 1 is 1.33 bits per heavy atom. The lowest BCUT2D eigenvalue weighted by Gasteiger charge is -2.07. The van der Waals surface area contributed by atoms with Gasteiger partial charge in [0.15, 0.2) is 5.03 Å². The van der Waals surface area contributed by atoms with Crippen molar-refractivity contribution in [3.05, 3.63) is 36.8 Å². The number of hydrogen-bond donors (Lipinski definition) is 2. The minimum atomic E-state index is -3.67. The second kappa shape index (κ2) is 5.15. The molecule has 8 heteroatoms. The first-order valence-corrected chi connectivity index (χ1v) is 6.75. The van der Waals surface area contributed by atoms with Crippen molar-refractivity contribution in [2.75, 3.05) is 12.3 Å². The van der Waals surface area contributed by atoms with Crippen molar-refractivity contribution in [2.24, 2.45) is 0 Å². The van der Waals surface area contributed by atoms with Crippen LogP contribution in [-0.2, 0) is 16.6 Å². The van der Waals surface area contributed by atoms with Gasteiger partial charge in [-0.25, -0.2) is 18.1 Å². The van der Waals surface area contributed by atoms with E-state index in [9.17, 15) is 8.42 Å². The summed E-state index contributed by atoms with van der Waals surface area (Å²) in [6.07, 6.45) is 4.77. The molecule has 2 aromatic heterocycles. The van der Waals surface area contributed by atoms with E-state index < -0.39 is 10.0 Å². The Kier molecular flexibility index (Phi) is 3.58. The first kappa shape index (κ1) is 12.5. The summed E-state index contributed by atoms with van der Waals surface area (Å²) in [4.78, 5) is 3.77. The van der Waals surface area contributed by atoms with E-state index in [1.165, 1.54) is 12.3 Å². The molecule has 0 amide bonds. The summed E-state index contributed by atoms with van der Waals surface area (Å²) in [7, 11) is -3.67. The van der Waals surface area contributed by atoms with Gasteiger partial charge < -0.3 is 5.73 Å². The van der Waals surface area contributed by atoms with Crippen LogP contribution in [0, 0.1) is 0 Å². The molecule has 0 aliphatic heterocycles. The van der Waals surface area contributed by atoms with Crippen LogP contribution >= 0.6 is 0 Å². The molecule has 2 aromatic rings. The zero-order valence-corrected chi connectivity index (χ0v) is 10.3. The SMILES string of the molecule is Nc1cccnc1S(=O)(=O)NCCn1cccn1. The highest BCUT2D eigenvalue weighted by molar-refractivity contribution is 7.89. The largest absolute Gasteiger partial charge is 0.396 e. The molecule has 0 bridgehead atoms. The molecular weight excluding hydrogens is 254 g/mol. The molecule has 18 heavy (non-hydrogen) atoms. The lowest BCUT2D eigenvalue weighted by molar-refractivity contribution is 0.558. The van der Waals surface area contributed by atoms with E-state index in [0.29, 0.717) is 6.54 Å². The van der Waals surface area contributed by atoms with Gasteiger partial charge in [-0.15, -0.1) is 0 Å². The molecule has 0 saturated carbocycles. The van der Waals surface area contributed by atoms with Crippen LogP contribution in [0.3, 0.4) is 0 Å². The predicted octanol–water partition coefficient (Wildman–Crippen LogP) is -0.161. The molecule has 96 valence electrons. The van der Waals surface area contributed by atoms with Gasteiger partial charge in [0.1, 0.15) is 0 Å². The molecule has 3 N–H and O–H groups in total. The number of aromatic nitrogens is 3. The van der Waals surface area contributed by atoms with Crippen LogP contribution in [0.5, 0.6) is 0 Å². The highest BCUT2D eigenvalue weighted by atomic mass is 32.2. The van der Waals surface area contributed by atoms with E-state index in [1.807, 2.05) is 0 Å². The number of hydrogen-bond acceptors (Lipinski definition) is 5. The molecule has 0 fully saturated rings. The topological polar surface area (TPSA) is 103 Å². The molecule has 0 spiro atoms. The predicted molar refractivity (Wildman–Crippen MR) is 66.1 cm³/mol. The third-order valence-electron chi connectivity index (χ3n) is 2.25. The van der Waals surface area contributed by atoms with Gasteiger partial charge in [0.25, 0.3) is 10.0 Å². The van der Waals surface area contributed by atoms with Crippen molar-refractivity contribution in [3.8, 4) is 0 Å². The van der Waals surface area contributed by atoms with Gasteiger partial charge in [-0.2, -0.15) is 5.10 Å². The number of nitrogens with zero attached hydrogens (tertiary/aromatic N) is 3. The second-order valence-corrected chi connectivity index (χ2v) is 5.25. The maximum Gasteiger partial charge on any atom is 0.260 e. The van der Waals surface area contributed by atoms with Gasteiger partial charge in [-0.05, 0) is 18.2 Å². The van der Waals surface area contributed by atoms with Crippen molar-refractivity contribution >= 4 is 15.7 Å². The van der Waals surface area contributed by atoms with Crippen LogP contribution in [0.4, 0.5) is 5.69 Å². The summed E-state index contributed by atoms with van der Waals surface area (Å²) in [5.74, 6) is 0. The average molecular weight is 267 g/mol. The van der Waals surface area contributed by atoms with Gasteiger partial charge in [0.05, 0.1) is 12.2 Å². The zero-order valence-electron chi connectivity index (χ0n) is 9.52. The second-order valence-electron chi connectivity index (χ2n) is 3.56. The molecule has 7 nitrogen and oxygen atoms in total. The molecular formula is C10H13N5O2S. The Balaban J connectivity index is 2.02. The molecule has 0 aromatic carbocycles. The van der Waals surface area contributed by atoms with Crippen molar-refractivity contribution in [1.82, 2.24) is 19.5 Å². The third kappa shape index (κ3) is 2.84.